The maximum absolute atomic E-state index is 12.6. The van der Waals surface area contributed by atoms with Gasteiger partial charge in [0.05, 0.1) is 11.5 Å². The average Bonchev–Trinajstić information content (AvgIpc) is 2.55. The van der Waals surface area contributed by atoms with E-state index in [1.165, 1.54) is 0 Å². The topological polar surface area (TPSA) is 67.4 Å². The molecule has 0 bridgehead atoms. The first-order valence-electron chi connectivity index (χ1n) is 7.95. The van der Waals surface area contributed by atoms with Gasteiger partial charge in [0.2, 0.25) is 10.0 Å². The van der Waals surface area contributed by atoms with E-state index >= 15 is 0 Å². The van der Waals surface area contributed by atoms with E-state index in [0.717, 1.165) is 18.4 Å². The van der Waals surface area contributed by atoms with Crippen molar-refractivity contribution in [3.63, 3.8) is 0 Å². The lowest BCUT2D eigenvalue weighted by Crippen LogP contribution is -2.32. The van der Waals surface area contributed by atoms with Crippen LogP contribution in [-0.4, -0.2) is 34.7 Å². The third-order valence-corrected chi connectivity index (χ3v) is 4.97. The molecule has 0 heterocycles. The summed E-state index contributed by atoms with van der Waals surface area (Å²) in [6.07, 6.45) is 1.02. The van der Waals surface area contributed by atoms with E-state index in [1.807, 2.05) is 31.2 Å². The quantitative estimate of drug-likeness (QED) is 0.691. The minimum atomic E-state index is -3.55. The van der Waals surface area contributed by atoms with Crippen LogP contribution in [-0.2, 0) is 10.0 Å². The van der Waals surface area contributed by atoms with Gasteiger partial charge in [0.25, 0.3) is 0 Å². The molecule has 0 saturated carbocycles. The fraction of sp³-hybridized carbons (Fsp3) is 0.412. The molecule has 0 spiro atoms. The third kappa shape index (κ3) is 4.43. The summed E-state index contributed by atoms with van der Waals surface area (Å²) in [4.78, 5) is 0.284. The van der Waals surface area contributed by atoms with E-state index in [4.69, 9.17) is 4.74 Å². The van der Waals surface area contributed by atoms with E-state index < -0.39 is 10.0 Å². The highest BCUT2D eigenvalue weighted by Gasteiger charge is 2.18. The summed E-state index contributed by atoms with van der Waals surface area (Å²) < 4.78 is 33.4. The number of nitrogens with one attached hydrogen (secondary N) is 2. The highest BCUT2D eigenvalue weighted by Crippen LogP contribution is 2.30. The van der Waals surface area contributed by atoms with Gasteiger partial charge in [-0.25, -0.2) is 13.1 Å². The molecule has 2 rings (SSSR count). The molecule has 126 valence electrons. The Hall–Kier alpha value is -1.63. The Morgan fingerprint density at radius 1 is 0.957 bits per heavy atom. The minimum absolute atomic E-state index is 0.284. The van der Waals surface area contributed by atoms with Crippen LogP contribution in [0.3, 0.4) is 0 Å². The molecule has 0 aromatic heterocycles. The number of rotatable bonds is 9. The molecule has 2 aromatic rings. The molecule has 6 heteroatoms. The largest absolute Gasteiger partial charge is 0.493 e. The molecular formula is C17H24N2O3S. The van der Waals surface area contributed by atoms with E-state index in [-0.39, 0.29) is 4.90 Å². The van der Waals surface area contributed by atoms with Crippen molar-refractivity contribution in [1.29, 1.82) is 0 Å². The Morgan fingerprint density at radius 2 is 1.70 bits per heavy atom. The number of hydrogen-bond donors (Lipinski definition) is 2. The van der Waals surface area contributed by atoms with E-state index in [9.17, 15) is 8.42 Å². The number of benzene rings is 2. The highest BCUT2D eigenvalue weighted by atomic mass is 32.2. The molecular weight excluding hydrogens is 312 g/mol. The van der Waals surface area contributed by atoms with Gasteiger partial charge in [-0.05, 0) is 32.0 Å². The average molecular weight is 336 g/mol. The molecule has 0 aliphatic heterocycles. The van der Waals surface area contributed by atoms with Gasteiger partial charge in [0.15, 0.2) is 0 Å². The summed E-state index contributed by atoms with van der Waals surface area (Å²) >= 11 is 0. The van der Waals surface area contributed by atoms with Crippen molar-refractivity contribution >= 4 is 20.8 Å². The van der Waals surface area contributed by atoms with Crippen LogP contribution in [0.5, 0.6) is 5.75 Å². The van der Waals surface area contributed by atoms with Crippen molar-refractivity contribution in [1.82, 2.24) is 10.0 Å². The van der Waals surface area contributed by atoms with Crippen LogP contribution in [0, 0.1) is 0 Å². The van der Waals surface area contributed by atoms with Crippen LogP contribution in [0.1, 0.15) is 20.3 Å². The van der Waals surface area contributed by atoms with Gasteiger partial charge in [-0.1, -0.05) is 31.2 Å². The summed E-state index contributed by atoms with van der Waals surface area (Å²) in [7, 11) is -3.55. The fourth-order valence-corrected chi connectivity index (χ4v) is 3.65. The summed E-state index contributed by atoms with van der Waals surface area (Å²) in [6, 6.07) is 10.7. The van der Waals surface area contributed by atoms with Crippen molar-refractivity contribution < 1.29 is 13.2 Å². The van der Waals surface area contributed by atoms with Crippen LogP contribution >= 0.6 is 0 Å². The van der Waals surface area contributed by atoms with Crippen molar-refractivity contribution in [3.8, 4) is 5.75 Å². The number of fused-ring (bicyclic) bond motifs is 1. The number of hydrogen-bond acceptors (Lipinski definition) is 4. The van der Waals surface area contributed by atoms with Crippen LogP contribution < -0.4 is 14.8 Å². The summed E-state index contributed by atoms with van der Waals surface area (Å²) in [5, 5.41) is 4.66. The normalized spacial score (nSPS) is 11.7. The first-order chi connectivity index (χ1) is 11.1. The molecule has 5 nitrogen and oxygen atoms in total. The van der Waals surface area contributed by atoms with Crippen LogP contribution in [0.25, 0.3) is 10.8 Å². The van der Waals surface area contributed by atoms with Crippen LogP contribution in [0.15, 0.2) is 41.3 Å². The Morgan fingerprint density at radius 3 is 2.39 bits per heavy atom. The maximum atomic E-state index is 12.6. The molecule has 0 radical (unpaired) electrons. The summed E-state index contributed by atoms with van der Waals surface area (Å²) in [5.41, 5.74) is 0. The zero-order valence-corrected chi connectivity index (χ0v) is 14.4. The number of ether oxygens (including phenoxy) is 1. The van der Waals surface area contributed by atoms with Crippen molar-refractivity contribution in [2.45, 2.75) is 25.2 Å². The van der Waals surface area contributed by atoms with Gasteiger partial charge in [0.1, 0.15) is 5.75 Å². The first-order valence-corrected chi connectivity index (χ1v) is 9.43. The Balaban J connectivity index is 2.26. The Kier molecular flexibility index (Phi) is 6.38. The van der Waals surface area contributed by atoms with Crippen molar-refractivity contribution in [3.05, 3.63) is 36.4 Å². The molecule has 0 atom stereocenters. The maximum Gasteiger partial charge on any atom is 0.241 e. The molecule has 0 aliphatic rings. The van der Waals surface area contributed by atoms with Gasteiger partial charge in [-0.15, -0.1) is 0 Å². The molecule has 2 N–H and O–H groups in total. The zero-order valence-electron chi connectivity index (χ0n) is 13.6. The monoisotopic (exact) mass is 336 g/mol. The van der Waals surface area contributed by atoms with Gasteiger partial charge in [0, 0.05) is 23.9 Å². The molecule has 0 unspecified atom stereocenters. The molecule has 0 saturated heterocycles. The second kappa shape index (κ2) is 8.29. The van der Waals surface area contributed by atoms with Gasteiger partial charge in [-0.3, -0.25) is 0 Å². The number of sulfonamides is 1. The minimum Gasteiger partial charge on any atom is -0.493 e. The molecule has 23 heavy (non-hydrogen) atoms. The second-order valence-electron chi connectivity index (χ2n) is 5.19. The van der Waals surface area contributed by atoms with Gasteiger partial charge < -0.3 is 10.1 Å². The van der Waals surface area contributed by atoms with Crippen LogP contribution in [0.4, 0.5) is 0 Å². The van der Waals surface area contributed by atoms with E-state index in [0.29, 0.717) is 30.8 Å². The molecule has 0 fully saturated rings. The second-order valence-corrected chi connectivity index (χ2v) is 6.92. The predicted molar refractivity (Wildman–Crippen MR) is 93.5 cm³/mol. The van der Waals surface area contributed by atoms with Crippen molar-refractivity contribution in [2.24, 2.45) is 0 Å². The van der Waals surface area contributed by atoms with Gasteiger partial charge >= 0.3 is 0 Å². The Labute approximate surface area is 138 Å². The smallest absolute Gasteiger partial charge is 0.241 e. The predicted octanol–water partition coefficient (Wildman–Crippen LogP) is 2.52. The fourth-order valence-electron chi connectivity index (χ4n) is 2.41. The molecule has 0 aliphatic carbocycles. The highest BCUT2D eigenvalue weighted by molar-refractivity contribution is 7.89. The lowest BCUT2D eigenvalue weighted by Gasteiger charge is -2.13. The van der Waals surface area contributed by atoms with Gasteiger partial charge in [-0.2, -0.15) is 0 Å². The SMILES string of the molecule is CCCNCCNS(=O)(=O)c1ccc(OCC)c2ccccc12. The van der Waals surface area contributed by atoms with E-state index in [1.54, 1.807) is 12.1 Å². The summed E-state index contributed by atoms with van der Waals surface area (Å²) in [6.45, 7) is 6.38. The summed E-state index contributed by atoms with van der Waals surface area (Å²) in [5.74, 6) is 0.701. The third-order valence-electron chi connectivity index (χ3n) is 3.45. The zero-order chi connectivity index (χ0) is 16.7. The first kappa shape index (κ1) is 17.7. The standard InChI is InChI=1S/C17H24N2O3S/c1-3-11-18-12-13-19-23(20,21)17-10-9-16(22-4-2)14-7-5-6-8-15(14)17/h5-10,18-19H,3-4,11-13H2,1-2H3. The lowest BCUT2D eigenvalue weighted by molar-refractivity contribution is 0.344. The van der Waals surface area contributed by atoms with Crippen molar-refractivity contribution in [2.75, 3.05) is 26.2 Å². The molecule has 0 amide bonds. The lowest BCUT2D eigenvalue weighted by atomic mass is 10.1. The molecule has 2 aromatic carbocycles. The van der Waals surface area contributed by atoms with E-state index in [2.05, 4.69) is 17.0 Å². The van der Waals surface area contributed by atoms with Crippen LogP contribution in [0.2, 0.25) is 0 Å². The Bertz CT molecular complexity index is 745.